The maximum absolute atomic E-state index is 13.5. The molecule has 168 valence electrons. The smallest absolute Gasteiger partial charge is 0.261 e. The molecule has 4 aromatic rings. The lowest BCUT2D eigenvalue weighted by Gasteiger charge is -2.19. The van der Waals surface area contributed by atoms with E-state index < -0.39 is 0 Å². The highest BCUT2D eigenvalue weighted by molar-refractivity contribution is 7.15. The molecule has 0 unspecified atom stereocenters. The molecule has 0 aliphatic rings. The largest absolute Gasteiger partial charge is 0.497 e. The summed E-state index contributed by atoms with van der Waals surface area (Å²) in [6.07, 6.45) is 0.577. The van der Waals surface area contributed by atoms with Gasteiger partial charge in [0.05, 0.1) is 24.3 Å². The lowest BCUT2D eigenvalue weighted by molar-refractivity contribution is -0.105. The average molecular weight is 468 g/mol. The van der Waals surface area contributed by atoms with Crippen molar-refractivity contribution in [3.63, 3.8) is 0 Å². The molecule has 0 spiro atoms. The number of nitrogens with one attached hydrogen (secondary N) is 1. The zero-order chi connectivity index (χ0) is 24.1. The molecular formula is C27H21N3O3S. The highest BCUT2D eigenvalue weighted by Gasteiger charge is 2.24. The zero-order valence-corrected chi connectivity index (χ0v) is 19.4. The second-order valence-electron chi connectivity index (χ2n) is 7.44. The standard InChI is InChI=1S/C27H21N3O3S/c1-30(22-11-13-23(33-2)14-12-22)27(32)25-24(16-34-26(25)29-17-31)21-9-7-20(8-10-21)19-5-3-18(15-28)4-6-19/h3-14,16-17H,1-2H3,(H,29,31). The number of hydrogen-bond donors (Lipinski definition) is 1. The third-order valence-corrected chi connectivity index (χ3v) is 6.41. The number of carbonyl (C=O) groups excluding carboxylic acids is 2. The van der Waals surface area contributed by atoms with Gasteiger partial charge >= 0.3 is 0 Å². The van der Waals surface area contributed by atoms with Gasteiger partial charge in [-0.3, -0.25) is 9.59 Å². The van der Waals surface area contributed by atoms with Gasteiger partial charge in [0.1, 0.15) is 10.8 Å². The van der Waals surface area contributed by atoms with Crippen LogP contribution in [0.4, 0.5) is 10.7 Å². The summed E-state index contributed by atoms with van der Waals surface area (Å²) in [7, 11) is 3.29. The summed E-state index contributed by atoms with van der Waals surface area (Å²) in [5.41, 5.74) is 5.34. The maximum Gasteiger partial charge on any atom is 0.261 e. The number of methoxy groups -OCH3 is 1. The van der Waals surface area contributed by atoms with Crippen molar-refractivity contribution in [2.45, 2.75) is 0 Å². The van der Waals surface area contributed by atoms with Gasteiger partial charge in [-0.05, 0) is 53.1 Å². The number of rotatable bonds is 7. The quantitative estimate of drug-likeness (QED) is 0.348. The third-order valence-electron chi connectivity index (χ3n) is 5.50. The van der Waals surface area contributed by atoms with E-state index in [9.17, 15) is 9.59 Å². The first-order valence-corrected chi connectivity index (χ1v) is 11.3. The first kappa shape index (κ1) is 22.8. The molecule has 4 rings (SSSR count). The van der Waals surface area contributed by atoms with Crippen molar-refractivity contribution in [3.05, 3.63) is 89.3 Å². The van der Waals surface area contributed by atoms with Gasteiger partial charge in [-0.2, -0.15) is 5.26 Å². The number of nitrogens with zero attached hydrogens (tertiary/aromatic N) is 2. The van der Waals surface area contributed by atoms with E-state index in [4.69, 9.17) is 10.00 Å². The van der Waals surface area contributed by atoms with Crippen LogP contribution in [0.2, 0.25) is 0 Å². The van der Waals surface area contributed by atoms with Crippen LogP contribution < -0.4 is 15.0 Å². The van der Waals surface area contributed by atoms with Gasteiger partial charge in [0.25, 0.3) is 5.91 Å². The topological polar surface area (TPSA) is 82.4 Å². The Kier molecular flexibility index (Phi) is 6.72. The Morgan fingerprint density at radius 2 is 1.56 bits per heavy atom. The number of anilines is 2. The Balaban J connectivity index is 1.68. The fourth-order valence-electron chi connectivity index (χ4n) is 3.61. The minimum atomic E-state index is -0.234. The van der Waals surface area contributed by atoms with Crippen LogP contribution in [0.1, 0.15) is 15.9 Å². The molecular weight excluding hydrogens is 446 g/mol. The molecule has 2 amide bonds. The Bertz CT molecular complexity index is 1350. The molecule has 0 bridgehead atoms. The van der Waals surface area contributed by atoms with E-state index >= 15 is 0 Å². The molecule has 1 heterocycles. The van der Waals surface area contributed by atoms with E-state index in [1.807, 2.05) is 53.9 Å². The predicted molar refractivity (Wildman–Crippen MR) is 135 cm³/mol. The Labute approximate surface area is 201 Å². The van der Waals surface area contributed by atoms with Gasteiger partial charge in [-0.25, -0.2) is 0 Å². The van der Waals surface area contributed by atoms with Gasteiger partial charge in [0, 0.05) is 23.7 Å². The second kappa shape index (κ2) is 10.0. The number of nitriles is 1. The normalized spacial score (nSPS) is 10.3. The summed E-state index contributed by atoms with van der Waals surface area (Å²) in [5, 5.41) is 14.0. The summed E-state index contributed by atoms with van der Waals surface area (Å²) in [6.45, 7) is 0. The lowest BCUT2D eigenvalue weighted by Crippen LogP contribution is -2.27. The number of hydrogen-bond acceptors (Lipinski definition) is 5. The second-order valence-corrected chi connectivity index (χ2v) is 8.32. The summed E-state index contributed by atoms with van der Waals surface area (Å²) in [4.78, 5) is 26.3. The van der Waals surface area contributed by atoms with Crippen molar-refractivity contribution < 1.29 is 14.3 Å². The summed E-state index contributed by atoms with van der Waals surface area (Å²) in [5.74, 6) is 0.466. The molecule has 7 heteroatoms. The number of thiophene rings is 1. The molecule has 0 aliphatic carbocycles. The summed E-state index contributed by atoms with van der Waals surface area (Å²) < 4.78 is 5.20. The van der Waals surface area contributed by atoms with Crippen LogP contribution >= 0.6 is 11.3 Å². The van der Waals surface area contributed by atoms with E-state index in [0.717, 1.165) is 22.3 Å². The molecule has 0 saturated carbocycles. The van der Waals surface area contributed by atoms with E-state index in [1.165, 1.54) is 11.3 Å². The van der Waals surface area contributed by atoms with Gasteiger partial charge in [-0.15, -0.1) is 11.3 Å². The molecule has 0 atom stereocenters. The monoisotopic (exact) mass is 467 g/mol. The van der Waals surface area contributed by atoms with E-state index in [1.54, 1.807) is 43.3 Å². The first-order chi connectivity index (χ1) is 16.5. The Morgan fingerprint density at radius 1 is 0.971 bits per heavy atom. The summed E-state index contributed by atoms with van der Waals surface area (Å²) >= 11 is 1.31. The van der Waals surface area contributed by atoms with Crippen molar-refractivity contribution in [2.24, 2.45) is 0 Å². The SMILES string of the molecule is COc1ccc(N(C)C(=O)c2c(-c3ccc(-c4ccc(C#N)cc4)cc3)csc2NC=O)cc1. The number of benzene rings is 3. The molecule has 0 aliphatic heterocycles. The summed E-state index contributed by atoms with van der Waals surface area (Å²) in [6, 6.07) is 24.5. The van der Waals surface area contributed by atoms with Crippen LogP contribution in [-0.4, -0.2) is 26.5 Å². The van der Waals surface area contributed by atoms with E-state index in [0.29, 0.717) is 34.0 Å². The number of carbonyl (C=O) groups is 2. The maximum atomic E-state index is 13.5. The highest BCUT2D eigenvalue weighted by atomic mass is 32.1. The Hall–Kier alpha value is -4.41. The van der Waals surface area contributed by atoms with Gasteiger partial charge in [0.2, 0.25) is 6.41 Å². The minimum absolute atomic E-state index is 0.234. The molecule has 34 heavy (non-hydrogen) atoms. The minimum Gasteiger partial charge on any atom is -0.497 e. The fourth-order valence-corrected chi connectivity index (χ4v) is 4.53. The van der Waals surface area contributed by atoms with Gasteiger partial charge in [-0.1, -0.05) is 36.4 Å². The Morgan fingerprint density at radius 3 is 2.12 bits per heavy atom. The van der Waals surface area contributed by atoms with Gasteiger partial charge < -0.3 is 15.0 Å². The van der Waals surface area contributed by atoms with Gasteiger partial charge in [0.15, 0.2) is 0 Å². The lowest BCUT2D eigenvalue weighted by atomic mass is 9.98. The number of ether oxygens (including phenoxy) is 1. The van der Waals surface area contributed by atoms with Crippen LogP contribution in [0.3, 0.4) is 0 Å². The van der Waals surface area contributed by atoms with Crippen LogP contribution in [0, 0.1) is 11.3 Å². The van der Waals surface area contributed by atoms with Crippen molar-refractivity contribution in [1.29, 1.82) is 5.26 Å². The van der Waals surface area contributed by atoms with Crippen molar-refractivity contribution >= 4 is 34.3 Å². The molecule has 0 radical (unpaired) electrons. The van der Waals surface area contributed by atoms with Crippen LogP contribution in [0.5, 0.6) is 5.75 Å². The molecule has 1 N–H and O–H groups in total. The van der Waals surface area contributed by atoms with Crippen molar-refractivity contribution in [2.75, 3.05) is 24.4 Å². The van der Waals surface area contributed by atoms with Crippen molar-refractivity contribution in [1.82, 2.24) is 0 Å². The van der Waals surface area contributed by atoms with Crippen molar-refractivity contribution in [3.8, 4) is 34.1 Å². The fraction of sp³-hybridized carbons (Fsp3) is 0.0741. The molecule has 3 aromatic carbocycles. The first-order valence-electron chi connectivity index (χ1n) is 10.4. The zero-order valence-electron chi connectivity index (χ0n) is 18.6. The predicted octanol–water partition coefficient (Wildman–Crippen LogP) is 5.81. The van der Waals surface area contributed by atoms with E-state index in [-0.39, 0.29) is 5.91 Å². The van der Waals surface area contributed by atoms with Crippen LogP contribution in [0.25, 0.3) is 22.3 Å². The van der Waals surface area contributed by atoms with Crippen LogP contribution in [-0.2, 0) is 4.79 Å². The average Bonchev–Trinajstić information content (AvgIpc) is 3.31. The third kappa shape index (κ3) is 4.53. The molecule has 6 nitrogen and oxygen atoms in total. The molecule has 0 saturated heterocycles. The molecule has 1 aromatic heterocycles. The number of amides is 2. The van der Waals surface area contributed by atoms with Crippen LogP contribution in [0.15, 0.2) is 78.2 Å². The molecule has 0 fully saturated rings. The van der Waals surface area contributed by atoms with E-state index in [2.05, 4.69) is 11.4 Å². The highest BCUT2D eigenvalue weighted by Crippen LogP contribution is 2.37.